The van der Waals surface area contributed by atoms with Gasteiger partial charge in [0.2, 0.25) is 0 Å². The molecule has 0 unspecified atom stereocenters. The molecule has 25 heavy (non-hydrogen) atoms. The maximum atomic E-state index is 12.1. The van der Waals surface area contributed by atoms with Crippen LogP contribution in [0.5, 0.6) is 0 Å². The fourth-order valence-corrected chi connectivity index (χ4v) is 4.96. The van der Waals surface area contributed by atoms with Crippen LogP contribution in [-0.2, 0) is 19.2 Å². The van der Waals surface area contributed by atoms with Crippen molar-refractivity contribution in [1.29, 1.82) is 0 Å². The second kappa shape index (κ2) is 7.29. The molecule has 4 rings (SSSR count). The van der Waals surface area contributed by atoms with Gasteiger partial charge in [0.05, 0.1) is 5.69 Å². The number of thioether (sulfide) groups is 1. The van der Waals surface area contributed by atoms with Crippen molar-refractivity contribution in [3.05, 3.63) is 39.5 Å². The van der Waals surface area contributed by atoms with E-state index < -0.39 is 0 Å². The topological polar surface area (TPSA) is 65.1 Å². The fourth-order valence-electron chi connectivity index (χ4n) is 3.40. The first kappa shape index (κ1) is 16.8. The fraction of sp³-hybridized carbons (Fsp3) is 0.529. The molecule has 132 valence electrons. The molecule has 0 atom stereocenters. The molecule has 1 fully saturated rings. The summed E-state index contributed by atoms with van der Waals surface area (Å²) in [4.78, 5) is 17.3. The van der Waals surface area contributed by atoms with Crippen molar-refractivity contribution in [2.45, 2.75) is 49.4 Å². The Morgan fingerprint density at radius 2 is 2.12 bits per heavy atom. The van der Waals surface area contributed by atoms with E-state index in [9.17, 15) is 4.79 Å². The first-order chi connectivity index (χ1) is 12.2. The summed E-state index contributed by atoms with van der Waals surface area (Å²) in [5, 5.41) is 11.5. The van der Waals surface area contributed by atoms with Gasteiger partial charge in [0.15, 0.2) is 10.1 Å². The molecule has 0 radical (unpaired) electrons. The number of aromatic nitrogens is 5. The first-order valence-electron chi connectivity index (χ1n) is 8.67. The lowest BCUT2D eigenvalue weighted by atomic mass is 9.87. The summed E-state index contributed by atoms with van der Waals surface area (Å²) in [6, 6.07) is 1.60. The van der Waals surface area contributed by atoms with Crippen molar-refractivity contribution in [1.82, 2.24) is 24.1 Å². The van der Waals surface area contributed by atoms with Crippen molar-refractivity contribution in [3.63, 3.8) is 0 Å². The summed E-state index contributed by atoms with van der Waals surface area (Å²) in [5.74, 6) is 2.44. The number of fused-ring (bicyclic) bond motifs is 1. The number of nitrogens with zero attached hydrogens (tertiary/aromatic N) is 5. The first-order valence-corrected chi connectivity index (χ1v) is 10.5. The zero-order valence-corrected chi connectivity index (χ0v) is 15.9. The van der Waals surface area contributed by atoms with Crippen LogP contribution < -0.4 is 5.56 Å². The van der Waals surface area contributed by atoms with Gasteiger partial charge in [-0.2, -0.15) is 0 Å². The molecule has 3 aromatic rings. The van der Waals surface area contributed by atoms with Gasteiger partial charge in [-0.15, -0.1) is 21.5 Å². The third-order valence-electron chi connectivity index (χ3n) is 4.83. The third kappa shape index (κ3) is 3.64. The van der Waals surface area contributed by atoms with Crippen LogP contribution in [0.15, 0.2) is 27.6 Å². The molecule has 8 heteroatoms. The highest BCUT2D eigenvalue weighted by molar-refractivity contribution is 7.98. The quantitative estimate of drug-likeness (QED) is 0.640. The molecule has 3 heterocycles. The minimum Gasteiger partial charge on any atom is -0.309 e. The van der Waals surface area contributed by atoms with E-state index in [4.69, 9.17) is 0 Å². The molecule has 0 spiro atoms. The van der Waals surface area contributed by atoms with Crippen LogP contribution in [0.2, 0.25) is 0 Å². The van der Waals surface area contributed by atoms with E-state index in [1.54, 1.807) is 28.4 Å². The SMILES string of the molecule is Cn1c(CC2CCCCC2)nnc1SCc1cc(=O)n2ccsc2n1. The molecule has 0 aliphatic heterocycles. The standard InChI is InChI=1S/C17H21N5OS2/c1-21-14(9-12-5-3-2-4-6-12)19-20-17(21)25-11-13-10-15(23)22-7-8-24-16(22)18-13/h7-8,10,12H,2-6,9,11H2,1H3. The van der Waals surface area contributed by atoms with Gasteiger partial charge in [-0.1, -0.05) is 43.9 Å². The van der Waals surface area contributed by atoms with Gasteiger partial charge in [-0.3, -0.25) is 9.20 Å². The van der Waals surface area contributed by atoms with Gasteiger partial charge >= 0.3 is 0 Å². The van der Waals surface area contributed by atoms with E-state index in [2.05, 4.69) is 19.7 Å². The van der Waals surface area contributed by atoms with E-state index in [-0.39, 0.29) is 5.56 Å². The lowest BCUT2D eigenvalue weighted by Gasteiger charge is -2.20. The normalized spacial score (nSPS) is 15.9. The van der Waals surface area contributed by atoms with E-state index in [0.29, 0.717) is 5.75 Å². The van der Waals surface area contributed by atoms with Gasteiger partial charge < -0.3 is 4.57 Å². The zero-order valence-electron chi connectivity index (χ0n) is 14.2. The lowest BCUT2D eigenvalue weighted by molar-refractivity contribution is 0.348. The van der Waals surface area contributed by atoms with Crippen molar-refractivity contribution in [2.75, 3.05) is 0 Å². The maximum absolute atomic E-state index is 12.1. The highest BCUT2D eigenvalue weighted by atomic mass is 32.2. The summed E-state index contributed by atoms with van der Waals surface area (Å²) in [7, 11) is 2.03. The zero-order chi connectivity index (χ0) is 17.2. The Kier molecular flexibility index (Phi) is 4.89. The number of thiazole rings is 1. The molecule has 1 aliphatic carbocycles. The van der Waals surface area contributed by atoms with Crippen LogP contribution in [0, 0.1) is 5.92 Å². The Morgan fingerprint density at radius 1 is 1.28 bits per heavy atom. The second-order valence-electron chi connectivity index (χ2n) is 6.60. The molecule has 6 nitrogen and oxygen atoms in total. The lowest BCUT2D eigenvalue weighted by Crippen LogP contribution is -2.13. The third-order valence-corrected chi connectivity index (χ3v) is 6.64. The van der Waals surface area contributed by atoms with E-state index in [1.165, 1.54) is 43.4 Å². The van der Waals surface area contributed by atoms with E-state index in [1.807, 2.05) is 12.4 Å². The van der Waals surface area contributed by atoms with Gasteiger partial charge in [0.25, 0.3) is 5.56 Å². The molecule has 1 aliphatic rings. The van der Waals surface area contributed by atoms with Gasteiger partial charge in [-0.05, 0) is 5.92 Å². The van der Waals surface area contributed by atoms with Crippen LogP contribution in [-0.4, -0.2) is 24.1 Å². The molecule has 0 amide bonds. The van der Waals surface area contributed by atoms with Gasteiger partial charge in [0, 0.05) is 36.9 Å². The average molecular weight is 376 g/mol. The molecule has 0 N–H and O–H groups in total. The highest BCUT2D eigenvalue weighted by Gasteiger charge is 2.18. The van der Waals surface area contributed by atoms with Crippen LogP contribution in [0.1, 0.15) is 43.6 Å². The summed E-state index contributed by atoms with van der Waals surface area (Å²) < 4.78 is 3.67. The molecular formula is C17H21N5OS2. The Balaban J connectivity index is 1.44. The van der Waals surface area contributed by atoms with Gasteiger partial charge in [-0.25, -0.2) is 4.98 Å². The number of hydrogen-bond acceptors (Lipinski definition) is 6. The Morgan fingerprint density at radius 3 is 2.96 bits per heavy atom. The minimum absolute atomic E-state index is 0.0298. The minimum atomic E-state index is -0.0298. The largest absolute Gasteiger partial charge is 0.309 e. The van der Waals surface area contributed by atoms with Crippen molar-refractivity contribution < 1.29 is 0 Å². The van der Waals surface area contributed by atoms with Crippen LogP contribution in [0.3, 0.4) is 0 Å². The predicted octanol–water partition coefficient (Wildman–Crippen LogP) is 3.30. The monoisotopic (exact) mass is 375 g/mol. The van der Waals surface area contributed by atoms with Crippen molar-refractivity contribution >= 4 is 28.1 Å². The summed E-state index contributed by atoms with van der Waals surface area (Å²) in [5.41, 5.74) is 0.757. The maximum Gasteiger partial charge on any atom is 0.258 e. The Labute approximate surface area is 154 Å². The van der Waals surface area contributed by atoms with Crippen LogP contribution >= 0.6 is 23.1 Å². The Bertz CT molecular complexity index is 923. The molecule has 1 saturated carbocycles. The molecule has 0 aromatic carbocycles. The summed E-state index contributed by atoms with van der Waals surface area (Å²) in [6.45, 7) is 0. The molecular weight excluding hydrogens is 354 g/mol. The average Bonchev–Trinajstić information content (AvgIpc) is 3.22. The van der Waals surface area contributed by atoms with Crippen LogP contribution in [0.25, 0.3) is 4.96 Å². The Hall–Kier alpha value is -1.67. The van der Waals surface area contributed by atoms with Crippen molar-refractivity contribution in [3.8, 4) is 0 Å². The van der Waals surface area contributed by atoms with E-state index in [0.717, 1.165) is 34.0 Å². The predicted molar refractivity (Wildman–Crippen MR) is 100 cm³/mol. The highest BCUT2D eigenvalue weighted by Crippen LogP contribution is 2.27. The number of hydrogen-bond donors (Lipinski definition) is 0. The number of rotatable bonds is 5. The van der Waals surface area contributed by atoms with Gasteiger partial charge in [0.1, 0.15) is 5.82 Å². The van der Waals surface area contributed by atoms with E-state index >= 15 is 0 Å². The van der Waals surface area contributed by atoms with Crippen LogP contribution in [0.4, 0.5) is 0 Å². The van der Waals surface area contributed by atoms with Crippen molar-refractivity contribution in [2.24, 2.45) is 13.0 Å². The smallest absolute Gasteiger partial charge is 0.258 e. The molecule has 0 bridgehead atoms. The summed E-state index contributed by atoms with van der Waals surface area (Å²) >= 11 is 3.06. The molecule has 0 saturated heterocycles. The molecule has 3 aromatic heterocycles. The summed E-state index contributed by atoms with van der Waals surface area (Å²) in [6.07, 6.45) is 9.45. The second-order valence-corrected chi connectivity index (χ2v) is 8.41.